The van der Waals surface area contributed by atoms with E-state index in [1.807, 2.05) is 19.1 Å². The van der Waals surface area contributed by atoms with Crippen molar-refractivity contribution in [3.8, 4) is 5.75 Å². The Morgan fingerprint density at radius 1 is 1.15 bits per heavy atom. The average Bonchev–Trinajstić information content (AvgIpc) is 2.57. The molecule has 0 saturated heterocycles. The van der Waals surface area contributed by atoms with Gasteiger partial charge in [0.25, 0.3) is 0 Å². The van der Waals surface area contributed by atoms with Crippen LogP contribution in [0.5, 0.6) is 5.75 Å². The maximum atomic E-state index is 12.6. The maximum Gasteiger partial charge on any atom is 0.247 e. The molecule has 6 nitrogen and oxygen atoms in total. The van der Waals surface area contributed by atoms with E-state index < -0.39 is 22.0 Å². The molecule has 0 fully saturated rings. The first kappa shape index (κ1) is 20.5. The third kappa shape index (κ3) is 5.34. The van der Waals surface area contributed by atoms with Gasteiger partial charge < -0.3 is 10.1 Å². The summed E-state index contributed by atoms with van der Waals surface area (Å²) >= 11 is 2.17. The molecule has 26 heavy (non-hydrogen) atoms. The first-order valence-corrected chi connectivity index (χ1v) is 10.9. The number of rotatable bonds is 7. The smallest absolute Gasteiger partial charge is 0.247 e. The summed E-state index contributed by atoms with van der Waals surface area (Å²) in [7, 11) is -3.66. The Bertz CT molecular complexity index is 852. The van der Waals surface area contributed by atoms with Gasteiger partial charge in [0.15, 0.2) is 0 Å². The minimum Gasteiger partial charge on any atom is -0.494 e. The standard InChI is InChI=1S/C18H21IN2O4S/c1-4-25-17-11-9-16(10-12-17)21(26(3,23)24)13(2)18(22)20-15-7-5-14(19)6-8-15/h5-13H,4H2,1-3H3,(H,20,22)/t13-/m0/s1. The van der Waals surface area contributed by atoms with E-state index in [1.165, 1.54) is 0 Å². The van der Waals surface area contributed by atoms with Gasteiger partial charge in [0, 0.05) is 9.26 Å². The molecular formula is C18H21IN2O4S. The SMILES string of the molecule is CCOc1ccc(N([C@@H](C)C(=O)Nc2ccc(I)cc2)S(C)(=O)=O)cc1. The molecule has 0 saturated carbocycles. The summed E-state index contributed by atoms with van der Waals surface area (Å²) in [6.07, 6.45) is 1.08. The predicted molar refractivity (Wildman–Crippen MR) is 112 cm³/mol. The molecule has 0 unspecified atom stereocenters. The fraction of sp³-hybridized carbons (Fsp3) is 0.278. The van der Waals surface area contributed by atoms with E-state index in [9.17, 15) is 13.2 Å². The number of ether oxygens (including phenoxy) is 1. The number of nitrogens with zero attached hydrogens (tertiary/aromatic N) is 1. The average molecular weight is 488 g/mol. The molecule has 1 atom stereocenters. The fourth-order valence-corrected chi connectivity index (χ4v) is 3.98. The molecule has 0 aliphatic carbocycles. The van der Waals surface area contributed by atoms with Crippen molar-refractivity contribution < 1.29 is 17.9 Å². The molecular weight excluding hydrogens is 467 g/mol. The molecule has 140 valence electrons. The second-order valence-electron chi connectivity index (χ2n) is 5.66. The predicted octanol–water partition coefficient (Wildman–Crippen LogP) is 3.48. The number of hydrogen-bond acceptors (Lipinski definition) is 4. The molecule has 1 N–H and O–H groups in total. The van der Waals surface area contributed by atoms with E-state index in [1.54, 1.807) is 43.3 Å². The van der Waals surface area contributed by atoms with Crippen molar-refractivity contribution >= 4 is 49.9 Å². The van der Waals surface area contributed by atoms with Gasteiger partial charge in [0.05, 0.1) is 18.6 Å². The molecule has 2 aromatic rings. The number of anilines is 2. The highest BCUT2D eigenvalue weighted by Gasteiger charge is 2.29. The van der Waals surface area contributed by atoms with Crippen LogP contribution < -0.4 is 14.4 Å². The van der Waals surface area contributed by atoms with Crippen molar-refractivity contribution in [3.63, 3.8) is 0 Å². The van der Waals surface area contributed by atoms with Crippen LogP contribution in [0.25, 0.3) is 0 Å². The molecule has 0 spiro atoms. The van der Waals surface area contributed by atoms with E-state index >= 15 is 0 Å². The van der Waals surface area contributed by atoms with Crippen LogP contribution in [-0.4, -0.2) is 33.2 Å². The molecule has 0 aliphatic rings. The van der Waals surface area contributed by atoms with E-state index in [0.29, 0.717) is 23.7 Å². The van der Waals surface area contributed by atoms with Crippen LogP contribution in [0.2, 0.25) is 0 Å². The number of halogens is 1. The van der Waals surface area contributed by atoms with Crippen LogP contribution in [0.15, 0.2) is 48.5 Å². The highest BCUT2D eigenvalue weighted by molar-refractivity contribution is 14.1. The quantitative estimate of drug-likeness (QED) is 0.606. The number of benzene rings is 2. The first-order valence-electron chi connectivity index (χ1n) is 8.01. The van der Waals surface area contributed by atoms with Gasteiger partial charge >= 0.3 is 0 Å². The number of carbonyl (C=O) groups is 1. The number of sulfonamides is 1. The lowest BCUT2D eigenvalue weighted by atomic mass is 10.2. The van der Waals surface area contributed by atoms with Crippen molar-refractivity contribution in [2.24, 2.45) is 0 Å². The summed E-state index contributed by atoms with van der Waals surface area (Å²) in [5, 5.41) is 2.75. The molecule has 2 aromatic carbocycles. The Balaban J connectivity index is 2.25. The lowest BCUT2D eigenvalue weighted by molar-refractivity contribution is -0.116. The van der Waals surface area contributed by atoms with Crippen molar-refractivity contribution in [3.05, 3.63) is 52.1 Å². The topological polar surface area (TPSA) is 75.7 Å². The monoisotopic (exact) mass is 488 g/mol. The summed E-state index contributed by atoms with van der Waals surface area (Å²) < 4.78 is 32.1. The van der Waals surface area contributed by atoms with E-state index in [2.05, 4.69) is 27.9 Å². The molecule has 0 aliphatic heterocycles. The summed E-state index contributed by atoms with van der Waals surface area (Å²) in [4.78, 5) is 12.6. The second-order valence-corrected chi connectivity index (χ2v) is 8.76. The van der Waals surface area contributed by atoms with E-state index in [0.717, 1.165) is 14.1 Å². The molecule has 1 amide bonds. The van der Waals surface area contributed by atoms with E-state index in [-0.39, 0.29) is 0 Å². The molecule has 8 heteroatoms. The summed E-state index contributed by atoms with van der Waals surface area (Å²) in [5.74, 6) is 0.228. The molecule has 0 heterocycles. The van der Waals surface area contributed by atoms with Gasteiger partial charge in [-0.15, -0.1) is 0 Å². The van der Waals surface area contributed by atoms with Crippen molar-refractivity contribution in [2.75, 3.05) is 22.5 Å². The number of nitrogens with one attached hydrogen (secondary N) is 1. The number of hydrogen-bond donors (Lipinski definition) is 1. The summed E-state index contributed by atoms with van der Waals surface area (Å²) in [5.41, 5.74) is 1.02. The van der Waals surface area contributed by atoms with Crippen LogP contribution in [0.4, 0.5) is 11.4 Å². The molecule has 0 bridgehead atoms. The van der Waals surface area contributed by atoms with Crippen molar-refractivity contribution in [2.45, 2.75) is 19.9 Å². The first-order chi connectivity index (χ1) is 12.2. The van der Waals surface area contributed by atoms with Crippen LogP contribution in [0.3, 0.4) is 0 Å². The molecule has 0 radical (unpaired) electrons. The molecule has 0 aromatic heterocycles. The van der Waals surface area contributed by atoms with Crippen LogP contribution in [0.1, 0.15) is 13.8 Å². The van der Waals surface area contributed by atoms with E-state index in [4.69, 9.17) is 4.74 Å². The maximum absolute atomic E-state index is 12.6. The van der Waals surface area contributed by atoms with Gasteiger partial charge in [-0.05, 0) is 85.0 Å². The summed E-state index contributed by atoms with van der Waals surface area (Å²) in [6, 6.07) is 13.0. The van der Waals surface area contributed by atoms with Crippen LogP contribution in [0, 0.1) is 3.57 Å². The summed E-state index contributed by atoms with van der Waals surface area (Å²) in [6.45, 7) is 3.94. The third-order valence-corrected chi connectivity index (χ3v) is 5.56. The Labute approximate surface area is 167 Å². The Hall–Kier alpha value is -1.81. The zero-order valence-corrected chi connectivity index (χ0v) is 17.7. The third-order valence-electron chi connectivity index (χ3n) is 3.60. The number of carbonyl (C=O) groups excluding carboxylic acids is 1. The fourth-order valence-electron chi connectivity index (χ4n) is 2.44. The number of amides is 1. The van der Waals surface area contributed by atoms with Crippen molar-refractivity contribution in [1.82, 2.24) is 0 Å². The van der Waals surface area contributed by atoms with Crippen LogP contribution in [-0.2, 0) is 14.8 Å². The van der Waals surface area contributed by atoms with Crippen molar-refractivity contribution in [1.29, 1.82) is 0 Å². The van der Waals surface area contributed by atoms with Gasteiger partial charge in [-0.1, -0.05) is 0 Å². The van der Waals surface area contributed by atoms with Gasteiger partial charge in [0.1, 0.15) is 11.8 Å². The Kier molecular flexibility index (Phi) is 6.87. The highest BCUT2D eigenvalue weighted by Crippen LogP contribution is 2.24. The lowest BCUT2D eigenvalue weighted by Crippen LogP contribution is -2.45. The van der Waals surface area contributed by atoms with Gasteiger partial charge in [-0.2, -0.15) is 0 Å². The normalized spacial score (nSPS) is 12.3. The van der Waals surface area contributed by atoms with Gasteiger partial charge in [-0.3, -0.25) is 9.10 Å². The van der Waals surface area contributed by atoms with Gasteiger partial charge in [-0.25, -0.2) is 8.42 Å². The Morgan fingerprint density at radius 3 is 2.23 bits per heavy atom. The molecule has 2 rings (SSSR count). The second kappa shape index (κ2) is 8.72. The minimum atomic E-state index is -3.66. The minimum absolute atomic E-state index is 0.404. The van der Waals surface area contributed by atoms with Gasteiger partial charge in [0.2, 0.25) is 15.9 Å². The lowest BCUT2D eigenvalue weighted by Gasteiger charge is -2.28. The zero-order chi connectivity index (χ0) is 19.3. The zero-order valence-electron chi connectivity index (χ0n) is 14.8. The highest BCUT2D eigenvalue weighted by atomic mass is 127. The largest absolute Gasteiger partial charge is 0.494 e. The Morgan fingerprint density at radius 2 is 1.73 bits per heavy atom. The van der Waals surface area contributed by atoms with Crippen LogP contribution >= 0.6 is 22.6 Å².